The highest BCUT2D eigenvalue weighted by Crippen LogP contribution is 2.20. The van der Waals surface area contributed by atoms with Gasteiger partial charge in [-0.2, -0.15) is 16.6 Å². The molecule has 0 unspecified atom stereocenters. The van der Waals surface area contributed by atoms with E-state index in [4.69, 9.17) is 16.9 Å². The molecule has 0 spiro atoms. The molecular weight excluding hydrogens is 166 g/mol. The van der Waals surface area contributed by atoms with Crippen LogP contribution in [0, 0.1) is 11.3 Å². The zero-order valence-corrected chi connectivity index (χ0v) is 6.62. The summed E-state index contributed by atoms with van der Waals surface area (Å²) in [7, 11) is 0. The van der Waals surface area contributed by atoms with Crippen LogP contribution in [0.5, 0.6) is 0 Å². The number of hydrogen-bond acceptors (Lipinski definition) is 2. The Labute approximate surface area is 68.2 Å². The molecule has 0 fully saturated rings. The third kappa shape index (κ3) is 1.60. The van der Waals surface area contributed by atoms with E-state index in [0.717, 1.165) is 5.56 Å². The Kier molecular flexibility index (Phi) is 2.49. The van der Waals surface area contributed by atoms with Gasteiger partial charge in [0.15, 0.2) is 0 Å². The summed E-state index contributed by atoms with van der Waals surface area (Å²) in [4.78, 5) is 0. The fourth-order valence-corrected chi connectivity index (χ4v) is 1.43. The lowest BCUT2D eigenvalue weighted by atomic mass is 10.3. The molecule has 0 atom stereocenters. The molecule has 0 saturated carbocycles. The van der Waals surface area contributed by atoms with Crippen molar-refractivity contribution >= 4 is 28.0 Å². The van der Waals surface area contributed by atoms with Crippen molar-refractivity contribution < 1.29 is 0 Å². The van der Waals surface area contributed by atoms with E-state index in [0.29, 0.717) is 5.03 Å². The zero-order valence-electron chi connectivity index (χ0n) is 5.04. The second kappa shape index (κ2) is 3.40. The monoisotopic (exact) mass is 169 g/mol. The fourth-order valence-electron chi connectivity index (χ4n) is 0.540. The maximum atomic E-state index is 8.23. The zero-order chi connectivity index (χ0) is 7.40. The van der Waals surface area contributed by atoms with Gasteiger partial charge in [0.2, 0.25) is 0 Å². The average molecular weight is 170 g/mol. The summed E-state index contributed by atoms with van der Waals surface area (Å²) < 4.78 is 0. The Morgan fingerprint density at radius 2 is 2.60 bits per heavy atom. The van der Waals surface area contributed by atoms with Gasteiger partial charge < -0.3 is 0 Å². The summed E-state index contributed by atoms with van der Waals surface area (Å²) in [6.07, 6.45) is 1.32. The van der Waals surface area contributed by atoms with Gasteiger partial charge in [0.05, 0.1) is 11.1 Å². The highest BCUT2D eigenvalue weighted by atomic mass is 35.5. The molecule has 10 heavy (non-hydrogen) atoms. The van der Waals surface area contributed by atoms with Crippen molar-refractivity contribution in [3.63, 3.8) is 0 Å². The normalized spacial score (nSPS) is 11.0. The Bertz CT molecular complexity index is 268. The van der Waals surface area contributed by atoms with Gasteiger partial charge >= 0.3 is 0 Å². The van der Waals surface area contributed by atoms with Crippen LogP contribution in [0.25, 0.3) is 5.03 Å². The van der Waals surface area contributed by atoms with Crippen molar-refractivity contribution in [2.75, 3.05) is 0 Å². The minimum absolute atomic E-state index is 0.503. The van der Waals surface area contributed by atoms with Crippen molar-refractivity contribution in [3.8, 4) is 6.07 Å². The minimum atomic E-state index is 0.503. The van der Waals surface area contributed by atoms with Gasteiger partial charge in [-0.05, 0) is 16.8 Å². The van der Waals surface area contributed by atoms with Crippen LogP contribution in [0.3, 0.4) is 0 Å². The van der Waals surface area contributed by atoms with Crippen LogP contribution >= 0.6 is 22.9 Å². The van der Waals surface area contributed by atoms with Crippen molar-refractivity contribution in [1.82, 2.24) is 0 Å². The van der Waals surface area contributed by atoms with Crippen LogP contribution in [-0.4, -0.2) is 0 Å². The Morgan fingerprint density at radius 3 is 3.10 bits per heavy atom. The summed E-state index contributed by atoms with van der Waals surface area (Å²) in [5.41, 5.74) is 0.910. The van der Waals surface area contributed by atoms with E-state index in [1.807, 2.05) is 22.9 Å². The molecule has 0 bridgehead atoms. The largest absolute Gasteiger partial charge is 0.193 e. The van der Waals surface area contributed by atoms with Crippen LogP contribution < -0.4 is 0 Å². The Balaban J connectivity index is 2.90. The van der Waals surface area contributed by atoms with Crippen LogP contribution in [-0.2, 0) is 0 Å². The summed E-state index contributed by atoms with van der Waals surface area (Å²) in [6.45, 7) is 0. The first kappa shape index (κ1) is 7.33. The SMILES string of the molecule is N#C/C=C(/Cl)c1ccsc1. The number of halogens is 1. The molecule has 0 amide bonds. The van der Waals surface area contributed by atoms with E-state index in [2.05, 4.69) is 0 Å². The quantitative estimate of drug-likeness (QED) is 0.593. The maximum Gasteiger partial charge on any atom is 0.0927 e. The molecular formula is C7H4ClNS. The number of thiophene rings is 1. The molecule has 3 heteroatoms. The van der Waals surface area contributed by atoms with Crippen molar-refractivity contribution in [2.24, 2.45) is 0 Å². The van der Waals surface area contributed by atoms with E-state index < -0.39 is 0 Å². The molecule has 0 aromatic carbocycles. The number of allylic oxidation sites excluding steroid dienone is 1. The molecule has 0 aliphatic heterocycles. The summed E-state index contributed by atoms with van der Waals surface area (Å²) in [5.74, 6) is 0. The predicted molar refractivity (Wildman–Crippen MR) is 43.8 cm³/mol. The van der Waals surface area contributed by atoms with Crippen LogP contribution in [0.1, 0.15) is 5.56 Å². The molecule has 0 saturated heterocycles. The molecule has 0 aliphatic carbocycles. The van der Waals surface area contributed by atoms with E-state index in [1.165, 1.54) is 6.08 Å². The average Bonchev–Trinajstić information content (AvgIpc) is 2.38. The summed E-state index contributed by atoms with van der Waals surface area (Å²) in [5, 5.41) is 12.6. The van der Waals surface area contributed by atoms with Crippen molar-refractivity contribution in [1.29, 1.82) is 5.26 Å². The molecule has 1 nitrogen and oxygen atoms in total. The van der Waals surface area contributed by atoms with Crippen molar-refractivity contribution in [2.45, 2.75) is 0 Å². The van der Waals surface area contributed by atoms with Gasteiger partial charge in [0, 0.05) is 11.6 Å². The molecule has 1 aromatic heterocycles. The third-order valence-electron chi connectivity index (χ3n) is 0.988. The number of rotatable bonds is 1. The second-order valence-electron chi connectivity index (χ2n) is 1.63. The van der Waals surface area contributed by atoms with E-state index in [9.17, 15) is 0 Å². The van der Waals surface area contributed by atoms with Crippen molar-refractivity contribution in [3.05, 3.63) is 28.5 Å². The maximum absolute atomic E-state index is 8.23. The van der Waals surface area contributed by atoms with Gasteiger partial charge in [0.25, 0.3) is 0 Å². The molecule has 1 rings (SSSR count). The predicted octanol–water partition coefficient (Wildman–Crippen LogP) is 2.85. The van der Waals surface area contributed by atoms with Crippen LogP contribution in [0.4, 0.5) is 0 Å². The molecule has 0 radical (unpaired) electrons. The van der Waals surface area contributed by atoms with Gasteiger partial charge in [-0.1, -0.05) is 11.6 Å². The lowest BCUT2D eigenvalue weighted by Crippen LogP contribution is -1.66. The van der Waals surface area contributed by atoms with Crippen LogP contribution in [0.2, 0.25) is 0 Å². The molecule has 0 aliphatic rings. The number of nitriles is 1. The van der Waals surface area contributed by atoms with Crippen LogP contribution in [0.15, 0.2) is 22.9 Å². The Hall–Kier alpha value is -0.780. The van der Waals surface area contributed by atoms with Gasteiger partial charge in [0.1, 0.15) is 0 Å². The first-order chi connectivity index (χ1) is 4.84. The summed E-state index contributed by atoms with van der Waals surface area (Å²) in [6, 6.07) is 3.74. The lowest BCUT2D eigenvalue weighted by Gasteiger charge is -1.86. The summed E-state index contributed by atoms with van der Waals surface area (Å²) >= 11 is 7.25. The Morgan fingerprint density at radius 1 is 1.80 bits per heavy atom. The van der Waals surface area contributed by atoms with E-state index >= 15 is 0 Å². The fraction of sp³-hybridized carbons (Fsp3) is 0. The highest BCUT2D eigenvalue weighted by Gasteiger charge is 1.95. The van der Waals surface area contributed by atoms with E-state index in [-0.39, 0.29) is 0 Å². The molecule has 1 aromatic rings. The standard InChI is InChI=1S/C7H4ClNS/c8-7(1-3-9)6-2-4-10-5-6/h1-2,4-5H/b7-1+. The smallest absolute Gasteiger partial charge is 0.0927 e. The topological polar surface area (TPSA) is 23.8 Å². The number of nitrogens with zero attached hydrogens (tertiary/aromatic N) is 1. The molecule has 0 N–H and O–H groups in total. The lowest BCUT2D eigenvalue weighted by molar-refractivity contribution is 1.54. The highest BCUT2D eigenvalue weighted by molar-refractivity contribution is 7.08. The molecule has 1 heterocycles. The number of hydrogen-bond donors (Lipinski definition) is 0. The third-order valence-corrected chi connectivity index (χ3v) is 2.00. The molecule has 50 valence electrons. The minimum Gasteiger partial charge on any atom is -0.193 e. The van der Waals surface area contributed by atoms with E-state index in [1.54, 1.807) is 11.3 Å². The van der Waals surface area contributed by atoms with Gasteiger partial charge in [-0.3, -0.25) is 0 Å². The first-order valence-corrected chi connectivity index (χ1v) is 3.94. The van der Waals surface area contributed by atoms with Gasteiger partial charge in [-0.25, -0.2) is 0 Å². The van der Waals surface area contributed by atoms with Gasteiger partial charge in [-0.15, -0.1) is 0 Å². The first-order valence-electron chi connectivity index (χ1n) is 2.62. The second-order valence-corrected chi connectivity index (χ2v) is 2.82.